The van der Waals surface area contributed by atoms with Gasteiger partial charge in [0.1, 0.15) is 7.05 Å². The minimum Gasteiger partial charge on any atom is -0.248 e. The molecule has 0 aromatic heterocycles. The smallest absolute Gasteiger partial charge is 0.248 e. The first-order valence-corrected chi connectivity index (χ1v) is 4.61. The van der Waals surface area contributed by atoms with Crippen LogP contribution in [0.1, 0.15) is 6.92 Å². The summed E-state index contributed by atoms with van der Waals surface area (Å²) in [6.07, 6.45) is 1.85. The molecule has 1 heterocycles. The fourth-order valence-corrected chi connectivity index (χ4v) is 1.71. The van der Waals surface area contributed by atoms with Crippen molar-refractivity contribution in [3.8, 4) is 0 Å². The summed E-state index contributed by atoms with van der Waals surface area (Å²) >= 11 is 0. The van der Waals surface area contributed by atoms with Crippen molar-refractivity contribution in [3.63, 3.8) is 0 Å². The molecule has 3 nitrogen and oxygen atoms in total. The van der Waals surface area contributed by atoms with Crippen LogP contribution in [0.15, 0.2) is 42.1 Å². The van der Waals surface area contributed by atoms with Gasteiger partial charge in [-0.1, -0.05) is 18.2 Å². The van der Waals surface area contributed by atoms with Gasteiger partial charge in [-0.25, -0.2) is 10.8 Å². The number of likely N-dealkylation sites (N-methyl/N-ethyl adjacent to an activating group) is 1. The van der Waals surface area contributed by atoms with Crippen LogP contribution in [0.25, 0.3) is 0 Å². The molecule has 1 aliphatic rings. The second-order valence-electron chi connectivity index (χ2n) is 3.67. The molecule has 0 radical (unpaired) electrons. The SMILES string of the molecule is CC1=CC(=N)[N+](C)(c2ccccc2)N1. The molecule has 0 saturated heterocycles. The van der Waals surface area contributed by atoms with Gasteiger partial charge >= 0.3 is 0 Å². The van der Waals surface area contributed by atoms with Gasteiger partial charge in [0.05, 0.1) is 5.70 Å². The van der Waals surface area contributed by atoms with Gasteiger partial charge in [0.2, 0.25) is 0 Å². The third-order valence-electron chi connectivity index (χ3n) is 2.51. The summed E-state index contributed by atoms with van der Waals surface area (Å²) in [5, 5.41) is 7.90. The Balaban J connectivity index is 2.41. The predicted molar refractivity (Wildman–Crippen MR) is 58.8 cm³/mol. The van der Waals surface area contributed by atoms with Gasteiger partial charge in [0, 0.05) is 18.2 Å². The van der Waals surface area contributed by atoms with E-state index in [9.17, 15) is 0 Å². The van der Waals surface area contributed by atoms with Gasteiger partial charge in [0.15, 0.2) is 5.69 Å². The zero-order chi connectivity index (χ0) is 10.2. The van der Waals surface area contributed by atoms with Gasteiger partial charge in [-0.15, -0.1) is 4.59 Å². The summed E-state index contributed by atoms with van der Waals surface area (Å²) < 4.78 is 0.354. The predicted octanol–water partition coefficient (Wildman–Crippen LogP) is 2.02. The van der Waals surface area contributed by atoms with Crippen LogP contribution in [0, 0.1) is 5.41 Å². The van der Waals surface area contributed by atoms with Gasteiger partial charge in [-0.2, -0.15) is 0 Å². The average Bonchev–Trinajstić information content (AvgIpc) is 2.43. The molecule has 0 aliphatic carbocycles. The van der Waals surface area contributed by atoms with Gasteiger partial charge in [-0.05, 0) is 6.92 Å². The molecule has 2 rings (SSSR count). The number of para-hydroxylation sites is 1. The first-order valence-electron chi connectivity index (χ1n) is 4.61. The van der Waals surface area contributed by atoms with E-state index in [1.54, 1.807) is 0 Å². The van der Waals surface area contributed by atoms with Crippen molar-refractivity contribution in [1.29, 1.82) is 5.41 Å². The summed E-state index contributed by atoms with van der Waals surface area (Å²) in [6.45, 7) is 1.97. The molecule has 1 atom stereocenters. The number of rotatable bonds is 1. The largest absolute Gasteiger partial charge is 0.251 e. The summed E-state index contributed by atoms with van der Waals surface area (Å²) in [6, 6.07) is 10.0. The lowest BCUT2D eigenvalue weighted by atomic mass is 10.3. The second-order valence-corrected chi connectivity index (χ2v) is 3.67. The molecule has 0 bridgehead atoms. The second kappa shape index (κ2) is 2.96. The Morgan fingerprint density at radius 2 is 1.86 bits per heavy atom. The molecule has 14 heavy (non-hydrogen) atoms. The highest BCUT2D eigenvalue weighted by atomic mass is 15.7. The zero-order valence-corrected chi connectivity index (χ0v) is 8.41. The van der Waals surface area contributed by atoms with Crippen LogP contribution in [0.2, 0.25) is 0 Å². The number of nitrogens with one attached hydrogen (secondary N) is 2. The summed E-state index contributed by atoms with van der Waals surface area (Å²) in [5.41, 5.74) is 5.37. The fraction of sp³-hybridized carbons (Fsp3) is 0.182. The van der Waals surface area contributed by atoms with Crippen LogP contribution < -0.4 is 10.0 Å². The topological polar surface area (TPSA) is 35.9 Å². The van der Waals surface area contributed by atoms with E-state index in [0.717, 1.165) is 11.4 Å². The van der Waals surface area contributed by atoms with Crippen molar-refractivity contribution in [2.75, 3.05) is 7.05 Å². The molecule has 0 fully saturated rings. The maximum absolute atomic E-state index is 7.90. The third kappa shape index (κ3) is 1.22. The Morgan fingerprint density at radius 3 is 2.36 bits per heavy atom. The quantitative estimate of drug-likeness (QED) is 0.650. The molecule has 72 valence electrons. The highest BCUT2D eigenvalue weighted by Crippen LogP contribution is 2.23. The van der Waals surface area contributed by atoms with E-state index in [1.165, 1.54) is 0 Å². The van der Waals surface area contributed by atoms with Crippen molar-refractivity contribution in [3.05, 3.63) is 42.1 Å². The number of hydrogen-bond donors (Lipinski definition) is 2. The monoisotopic (exact) mass is 188 g/mol. The first kappa shape index (κ1) is 8.97. The minimum atomic E-state index is 0.354. The lowest BCUT2D eigenvalue weighted by Gasteiger charge is -2.27. The Labute approximate surface area is 83.7 Å². The number of amidine groups is 1. The average molecular weight is 188 g/mol. The van der Waals surface area contributed by atoms with Crippen LogP contribution in [-0.4, -0.2) is 12.9 Å². The standard InChI is InChI=1S/C11H14N3/c1-9-8-11(12)14(2,13-9)10-6-4-3-5-7-10/h3-8,12-13H,1-2H3/q+1. The van der Waals surface area contributed by atoms with E-state index in [0.29, 0.717) is 10.4 Å². The fourth-order valence-electron chi connectivity index (χ4n) is 1.71. The lowest BCUT2D eigenvalue weighted by Crippen LogP contribution is -2.54. The highest BCUT2D eigenvalue weighted by Gasteiger charge is 2.35. The van der Waals surface area contributed by atoms with Crippen LogP contribution in [0.5, 0.6) is 0 Å². The van der Waals surface area contributed by atoms with Gasteiger partial charge in [0.25, 0.3) is 5.84 Å². The molecule has 0 spiro atoms. The molecular weight excluding hydrogens is 174 g/mol. The van der Waals surface area contributed by atoms with E-state index in [2.05, 4.69) is 5.43 Å². The number of hydrogen-bond acceptors (Lipinski definition) is 2. The molecule has 1 aromatic rings. The van der Waals surface area contributed by atoms with Crippen molar-refractivity contribution >= 4 is 11.5 Å². The maximum atomic E-state index is 7.90. The summed E-state index contributed by atoms with van der Waals surface area (Å²) in [4.78, 5) is 0. The minimum absolute atomic E-state index is 0.354. The number of allylic oxidation sites excluding steroid dienone is 1. The first-order chi connectivity index (χ1) is 6.63. The molecular formula is C11H14N3+. The molecule has 0 saturated carbocycles. The normalized spacial score (nSPS) is 25.9. The molecule has 1 aromatic carbocycles. The number of quaternary nitrogens is 1. The van der Waals surface area contributed by atoms with Crippen molar-refractivity contribution in [2.24, 2.45) is 0 Å². The Kier molecular flexibility index (Phi) is 1.89. The van der Waals surface area contributed by atoms with E-state index in [1.807, 2.05) is 50.4 Å². The van der Waals surface area contributed by atoms with E-state index in [4.69, 9.17) is 5.41 Å². The summed E-state index contributed by atoms with van der Waals surface area (Å²) in [7, 11) is 1.98. The van der Waals surface area contributed by atoms with Crippen LogP contribution in [0.3, 0.4) is 0 Å². The summed E-state index contributed by atoms with van der Waals surface area (Å²) in [5.74, 6) is 0.564. The van der Waals surface area contributed by atoms with Crippen molar-refractivity contribution in [2.45, 2.75) is 6.92 Å². The molecule has 0 amide bonds. The van der Waals surface area contributed by atoms with Gasteiger partial charge < -0.3 is 0 Å². The molecule has 1 unspecified atom stereocenters. The zero-order valence-electron chi connectivity index (χ0n) is 8.41. The Bertz CT molecular complexity index is 394. The maximum Gasteiger partial charge on any atom is 0.251 e. The third-order valence-corrected chi connectivity index (χ3v) is 2.51. The highest BCUT2D eigenvalue weighted by molar-refractivity contribution is 6.01. The van der Waals surface area contributed by atoms with Crippen molar-refractivity contribution in [1.82, 2.24) is 10.0 Å². The Hall–Kier alpha value is -1.61. The molecule has 3 heteroatoms. The van der Waals surface area contributed by atoms with Crippen LogP contribution in [0.4, 0.5) is 5.69 Å². The van der Waals surface area contributed by atoms with E-state index >= 15 is 0 Å². The lowest BCUT2D eigenvalue weighted by molar-refractivity contribution is 0.421. The van der Waals surface area contributed by atoms with Crippen molar-refractivity contribution < 1.29 is 0 Å². The van der Waals surface area contributed by atoms with Crippen LogP contribution >= 0.6 is 0 Å². The van der Waals surface area contributed by atoms with E-state index < -0.39 is 0 Å². The van der Waals surface area contributed by atoms with Crippen LogP contribution in [-0.2, 0) is 0 Å². The van der Waals surface area contributed by atoms with E-state index in [-0.39, 0.29) is 0 Å². The molecule has 2 N–H and O–H groups in total. The molecule has 1 aliphatic heterocycles. The van der Waals surface area contributed by atoms with Gasteiger partial charge in [-0.3, -0.25) is 0 Å². The Morgan fingerprint density at radius 1 is 1.21 bits per heavy atom. The number of benzene rings is 1. The number of nitrogens with zero attached hydrogens (tertiary/aromatic N) is 1.